The van der Waals surface area contributed by atoms with Gasteiger partial charge in [0.1, 0.15) is 5.54 Å². The van der Waals surface area contributed by atoms with Crippen molar-refractivity contribution in [1.82, 2.24) is 4.72 Å². The van der Waals surface area contributed by atoms with Crippen LogP contribution in [0.1, 0.15) is 48.8 Å². The molecule has 0 unspecified atom stereocenters. The van der Waals surface area contributed by atoms with E-state index in [1.165, 1.54) is 12.1 Å². The fourth-order valence-corrected chi connectivity index (χ4v) is 5.72. The van der Waals surface area contributed by atoms with Gasteiger partial charge in [0.05, 0.1) is 29.1 Å². The Morgan fingerprint density at radius 3 is 2.32 bits per heavy atom. The summed E-state index contributed by atoms with van der Waals surface area (Å²) in [5.74, 6) is -0.999. The lowest BCUT2D eigenvalue weighted by molar-refractivity contribution is -0.137. The highest BCUT2D eigenvalue weighted by Crippen LogP contribution is 2.48. The molecule has 1 N–H and O–H groups in total. The number of halogens is 3. The van der Waals surface area contributed by atoms with Gasteiger partial charge in [-0.2, -0.15) is 18.4 Å². The molecule has 1 aliphatic carbocycles. The van der Waals surface area contributed by atoms with E-state index in [9.17, 15) is 31.2 Å². The van der Waals surface area contributed by atoms with E-state index in [1.54, 1.807) is 29.2 Å². The number of amides is 2. The number of nitrogens with zero attached hydrogens (tertiary/aromatic N) is 3. The van der Waals surface area contributed by atoms with Crippen LogP contribution in [-0.4, -0.2) is 37.1 Å². The second kappa shape index (κ2) is 9.99. The lowest BCUT2D eigenvalue weighted by Crippen LogP contribution is -2.55. The molecule has 0 bridgehead atoms. The number of alkyl halides is 3. The fraction of sp³-hybridized carbons (Fsp3) is 0.360. The second-order valence-electron chi connectivity index (χ2n) is 9.30. The van der Waals surface area contributed by atoms with Crippen molar-refractivity contribution in [2.75, 3.05) is 16.1 Å². The molecule has 2 aromatic rings. The van der Waals surface area contributed by atoms with Crippen LogP contribution in [0.15, 0.2) is 42.5 Å². The monoisotopic (exact) mass is 564 g/mol. The van der Waals surface area contributed by atoms with Crippen molar-refractivity contribution in [3.8, 4) is 6.07 Å². The molecule has 1 saturated carbocycles. The Morgan fingerprint density at radius 1 is 1.16 bits per heavy atom. The number of nitriles is 1. The molecule has 8 nitrogen and oxygen atoms in total. The van der Waals surface area contributed by atoms with Crippen molar-refractivity contribution < 1.29 is 31.2 Å². The number of benzene rings is 2. The molecule has 1 spiro atoms. The summed E-state index contributed by atoms with van der Waals surface area (Å²) >= 11 is 5.62. The van der Waals surface area contributed by atoms with Gasteiger partial charge in [0.25, 0.3) is 5.91 Å². The zero-order valence-electron chi connectivity index (χ0n) is 20.2. The highest BCUT2D eigenvalue weighted by molar-refractivity contribution is 7.89. The van der Waals surface area contributed by atoms with Gasteiger partial charge in [-0.1, -0.05) is 12.1 Å². The number of aryl methyl sites for hydroxylation is 1. The maximum Gasteiger partial charge on any atom is 0.417 e. The quantitative estimate of drug-likeness (QED) is 0.506. The number of hydrogen-bond acceptors (Lipinski definition) is 6. The molecule has 4 rings (SSSR count). The zero-order chi connectivity index (χ0) is 27.9. The first-order chi connectivity index (χ1) is 17.8. The molecule has 1 heterocycles. The van der Waals surface area contributed by atoms with E-state index in [4.69, 9.17) is 17.5 Å². The molecule has 1 aliphatic heterocycles. The number of thiocarbonyl (C=S) groups is 1. The molecule has 0 atom stereocenters. The molecule has 2 amide bonds. The van der Waals surface area contributed by atoms with E-state index in [-0.39, 0.29) is 17.2 Å². The minimum Gasteiger partial charge on any atom is -0.303 e. The summed E-state index contributed by atoms with van der Waals surface area (Å²) in [6.45, 7) is 0. The molecule has 38 heavy (non-hydrogen) atoms. The Kier molecular flexibility index (Phi) is 7.24. The molecular weight excluding hydrogens is 541 g/mol. The topological polar surface area (TPSA) is 111 Å². The van der Waals surface area contributed by atoms with Crippen LogP contribution in [0.5, 0.6) is 0 Å². The van der Waals surface area contributed by atoms with Crippen molar-refractivity contribution in [2.24, 2.45) is 0 Å². The van der Waals surface area contributed by atoms with Gasteiger partial charge in [0, 0.05) is 12.1 Å². The van der Waals surface area contributed by atoms with Crippen molar-refractivity contribution in [2.45, 2.75) is 50.2 Å². The third-order valence-corrected chi connectivity index (χ3v) is 7.61. The summed E-state index contributed by atoms with van der Waals surface area (Å²) < 4.78 is 64.9. The van der Waals surface area contributed by atoms with Crippen LogP contribution in [0.25, 0.3) is 0 Å². The minimum atomic E-state index is -4.78. The Labute approximate surface area is 223 Å². The SMILES string of the molecule is CS(=O)(=O)NC(=O)CCCc1ccc(N2C(=S)N(c3ccc(C#N)c(C(F)(F)F)c3)C(=O)C23CCC3)cc1. The predicted molar refractivity (Wildman–Crippen MR) is 138 cm³/mol. The van der Waals surface area contributed by atoms with Gasteiger partial charge in [0.2, 0.25) is 15.9 Å². The van der Waals surface area contributed by atoms with Crippen LogP contribution < -0.4 is 14.5 Å². The molecular formula is C25H23F3N4O4S2. The minimum absolute atomic E-state index is 0.0299. The van der Waals surface area contributed by atoms with E-state index < -0.39 is 44.7 Å². The van der Waals surface area contributed by atoms with Gasteiger partial charge in [0.15, 0.2) is 5.11 Å². The Morgan fingerprint density at radius 2 is 1.79 bits per heavy atom. The number of carbonyl (C=O) groups excluding carboxylic acids is 2. The summed E-state index contributed by atoms with van der Waals surface area (Å²) in [5.41, 5.74) is -1.24. The Bertz CT molecular complexity index is 1450. The summed E-state index contributed by atoms with van der Waals surface area (Å²) in [5, 5.41) is 9.16. The maximum atomic E-state index is 13.6. The Hall–Kier alpha value is -3.50. The largest absolute Gasteiger partial charge is 0.417 e. The molecule has 0 aromatic heterocycles. The average Bonchev–Trinajstić information content (AvgIpc) is 3.04. The number of anilines is 2. The molecule has 2 aromatic carbocycles. The highest BCUT2D eigenvalue weighted by atomic mass is 32.2. The van der Waals surface area contributed by atoms with Crippen LogP contribution in [0, 0.1) is 11.3 Å². The molecule has 2 fully saturated rings. The van der Waals surface area contributed by atoms with Crippen molar-refractivity contribution in [3.63, 3.8) is 0 Å². The third-order valence-electron chi connectivity index (χ3n) is 6.64. The van der Waals surface area contributed by atoms with Crippen molar-refractivity contribution in [1.29, 1.82) is 5.26 Å². The van der Waals surface area contributed by atoms with E-state index in [2.05, 4.69) is 0 Å². The van der Waals surface area contributed by atoms with Crippen LogP contribution in [0.4, 0.5) is 24.5 Å². The number of carbonyl (C=O) groups is 2. The highest BCUT2D eigenvalue weighted by Gasteiger charge is 2.59. The van der Waals surface area contributed by atoms with Crippen LogP contribution >= 0.6 is 12.2 Å². The zero-order valence-corrected chi connectivity index (χ0v) is 21.8. The molecule has 13 heteroatoms. The summed E-state index contributed by atoms with van der Waals surface area (Å²) in [6, 6.07) is 11.8. The van der Waals surface area contributed by atoms with E-state index in [0.717, 1.165) is 35.3 Å². The van der Waals surface area contributed by atoms with E-state index >= 15 is 0 Å². The standard InChI is InChI=1S/C25H23F3N4O4S2/c1-38(35,36)30-21(33)5-2-4-16-6-9-18(10-7-16)32-23(37)31(22(34)24(32)12-3-13-24)19-11-8-17(15-29)20(14-19)25(26,27)28/h6-11,14H,2-5,12-13H2,1H3,(H,30,33). The fourth-order valence-electron chi connectivity index (χ4n) is 4.73. The van der Waals surface area contributed by atoms with E-state index in [0.29, 0.717) is 31.4 Å². The first-order valence-electron chi connectivity index (χ1n) is 11.7. The number of hydrogen-bond donors (Lipinski definition) is 1. The summed E-state index contributed by atoms with van der Waals surface area (Å²) in [4.78, 5) is 28.0. The summed E-state index contributed by atoms with van der Waals surface area (Å²) in [7, 11) is -3.61. The maximum absolute atomic E-state index is 13.6. The summed E-state index contributed by atoms with van der Waals surface area (Å²) in [6.07, 6.45) is -1.19. The van der Waals surface area contributed by atoms with Gasteiger partial charge in [-0.05, 0) is 80.2 Å². The predicted octanol–water partition coefficient (Wildman–Crippen LogP) is 4.04. The molecule has 200 valence electrons. The third kappa shape index (κ3) is 5.23. The first kappa shape index (κ1) is 27.5. The van der Waals surface area contributed by atoms with Crippen LogP contribution in [0.3, 0.4) is 0 Å². The number of nitrogens with one attached hydrogen (secondary N) is 1. The Balaban J connectivity index is 1.56. The lowest BCUT2D eigenvalue weighted by atomic mass is 9.75. The van der Waals surface area contributed by atoms with Gasteiger partial charge in [-0.3, -0.25) is 19.2 Å². The number of sulfonamides is 1. The smallest absolute Gasteiger partial charge is 0.303 e. The van der Waals surface area contributed by atoms with Crippen LogP contribution in [0.2, 0.25) is 0 Å². The van der Waals surface area contributed by atoms with Crippen molar-refractivity contribution >= 4 is 50.5 Å². The van der Waals surface area contributed by atoms with Gasteiger partial charge in [-0.15, -0.1) is 0 Å². The molecule has 1 saturated heterocycles. The van der Waals surface area contributed by atoms with E-state index in [1.807, 2.05) is 4.72 Å². The van der Waals surface area contributed by atoms with Gasteiger partial charge < -0.3 is 4.90 Å². The van der Waals surface area contributed by atoms with Crippen LogP contribution in [-0.2, 0) is 32.2 Å². The first-order valence-corrected chi connectivity index (χ1v) is 14.0. The average molecular weight is 565 g/mol. The normalized spacial score (nSPS) is 16.9. The van der Waals surface area contributed by atoms with Crippen molar-refractivity contribution in [3.05, 3.63) is 59.2 Å². The lowest BCUT2D eigenvalue weighted by Gasteiger charge is -2.43. The van der Waals surface area contributed by atoms with Gasteiger partial charge >= 0.3 is 6.18 Å². The van der Waals surface area contributed by atoms with Gasteiger partial charge in [-0.25, -0.2) is 8.42 Å². The molecule has 0 radical (unpaired) electrons. The second-order valence-corrected chi connectivity index (χ2v) is 11.4. The molecule has 2 aliphatic rings. The number of rotatable bonds is 7.